The minimum atomic E-state index is -1.47. The summed E-state index contributed by atoms with van der Waals surface area (Å²) in [6, 6.07) is 6.25. The predicted octanol–water partition coefficient (Wildman–Crippen LogP) is 4.73. The van der Waals surface area contributed by atoms with Gasteiger partial charge in [0.15, 0.2) is 0 Å². The van der Waals surface area contributed by atoms with Crippen LogP contribution in [0.3, 0.4) is 0 Å². The molecule has 1 saturated heterocycles. The topological polar surface area (TPSA) is 29.1 Å². The van der Waals surface area contributed by atoms with Crippen molar-refractivity contribution >= 4 is 18.9 Å². The van der Waals surface area contributed by atoms with Crippen molar-refractivity contribution in [3.63, 3.8) is 0 Å². The van der Waals surface area contributed by atoms with Crippen molar-refractivity contribution in [3.05, 3.63) is 29.3 Å². The molecular formula is C19H30NOP. The third-order valence-electron chi connectivity index (χ3n) is 6.47. The number of carbonyl (C=O) groups is 1. The first kappa shape index (κ1) is 16.0. The van der Waals surface area contributed by atoms with Crippen molar-refractivity contribution in [2.75, 3.05) is 24.3 Å². The molecule has 3 heteroatoms. The molecule has 1 saturated carbocycles. The maximum absolute atomic E-state index is 13.2. The molecule has 2 nitrogen and oxygen atoms in total. The van der Waals surface area contributed by atoms with Crippen LogP contribution in [-0.2, 0) is 4.79 Å². The predicted molar refractivity (Wildman–Crippen MR) is 99.0 cm³/mol. The Morgan fingerprint density at radius 3 is 2.14 bits per heavy atom. The van der Waals surface area contributed by atoms with Gasteiger partial charge in [0.25, 0.3) is 0 Å². The van der Waals surface area contributed by atoms with Crippen molar-refractivity contribution in [1.29, 1.82) is 0 Å². The van der Waals surface area contributed by atoms with Crippen LogP contribution in [0.15, 0.2) is 18.2 Å². The molecule has 0 bridgehead atoms. The number of amides is 1. The number of aryl methyl sites for hydroxylation is 2. The zero-order valence-electron chi connectivity index (χ0n) is 14.3. The fourth-order valence-electron chi connectivity index (χ4n) is 4.69. The van der Waals surface area contributed by atoms with Gasteiger partial charge in [0, 0.05) is 0 Å². The van der Waals surface area contributed by atoms with Gasteiger partial charge in [0.1, 0.15) is 0 Å². The van der Waals surface area contributed by atoms with E-state index in [1.807, 2.05) is 0 Å². The molecule has 122 valence electrons. The summed E-state index contributed by atoms with van der Waals surface area (Å²) in [5.41, 5.74) is 3.41. The van der Waals surface area contributed by atoms with Crippen LogP contribution in [0.1, 0.15) is 49.7 Å². The van der Waals surface area contributed by atoms with Gasteiger partial charge < -0.3 is 0 Å². The minimum absolute atomic E-state index is 0.0160. The molecule has 0 radical (unpaired) electrons. The number of nitrogens with one attached hydrogen (secondary N) is 1. The van der Waals surface area contributed by atoms with Gasteiger partial charge in [0.2, 0.25) is 0 Å². The molecule has 22 heavy (non-hydrogen) atoms. The van der Waals surface area contributed by atoms with Crippen molar-refractivity contribution in [2.24, 2.45) is 0 Å². The van der Waals surface area contributed by atoms with Crippen molar-refractivity contribution in [2.45, 2.75) is 57.5 Å². The molecule has 1 aliphatic carbocycles. The van der Waals surface area contributed by atoms with Gasteiger partial charge in [-0.1, -0.05) is 0 Å². The van der Waals surface area contributed by atoms with Crippen molar-refractivity contribution in [1.82, 2.24) is 0 Å². The summed E-state index contributed by atoms with van der Waals surface area (Å²) in [7, 11) is -1.47. The number of hydrogen-bond donors (Lipinski definition) is 1. The molecular weight excluding hydrogens is 289 g/mol. The van der Waals surface area contributed by atoms with Gasteiger partial charge in [-0.3, -0.25) is 0 Å². The second-order valence-electron chi connectivity index (χ2n) is 7.78. The number of benzene rings is 1. The van der Waals surface area contributed by atoms with Crippen LogP contribution in [-0.4, -0.2) is 30.1 Å². The quantitative estimate of drug-likeness (QED) is 0.802. The van der Waals surface area contributed by atoms with E-state index >= 15 is 0 Å². The first-order chi connectivity index (χ1) is 10.5. The molecule has 0 unspecified atom stereocenters. The van der Waals surface area contributed by atoms with E-state index < -0.39 is 7.26 Å². The number of hydrogen-bond acceptors (Lipinski definition) is 1. The summed E-state index contributed by atoms with van der Waals surface area (Å²) in [6.45, 7) is 6.70. The zero-order chi connectivity index (χ0) is 15.8. The van der Waals surface area contributed by atoms with Crippen LogP contribution < -0.4 is 5.32 Å². The number of para-hydroxylation sites is 1. The van der Waals surface area contributed by atoms with Gasteiger partial charge in [-0.25, -0.2) is 0 Å². The van der Waals surface area contributed by atoms with Gasteiger partial charge in [-0.15, -0.1) is 0 Å². The number of rotatable bonds is 3. The first-order valence-electron chi connectivity index (χ1n) is 8.86. The van der Waals surface area contributed by atoms with Crippen LogP contribution in [0.5, 0.6) is 0 Å². The van der Waals surface area contributed by atoms with E-state index in [-0.39, 0.29) is 5.16 Å². The third-order valence-corrected chi connectivity index (χ3v) is 12.4. The molecule has 0 atom stereocenters. The van der Waals surface area contributed by atoms with Gasteiger partial charge in [0.05, 0.1) is 0 Å². The summed E-state index contributed by atoms with van der Waals surface area (Å²) in [5.74, 6) is 0.340. The summed E-state index contributed by atoms with van der Waals surface area (Å²) < 4.78 is 0. The normalized spacial score (nSPS) is 24.1. The van der Waals surface area contributed by atoms with Gasteiger partial charge in [-0.2, -0.15) is 0 Å². The Labute approximate surface area is 135 Å². The number of carbonyl (C=O) groups excluding carboxylic acids is 1. The number of anilines is 1. The van der Waals surface area contributed by atoms with E-state index in [9.17, 15) is 4.79 Å². The van der Waals surface area contributed by atoms with E-state index in [1.165, 1.54) is 49.1 Å². The Morgan fingerprint density at radius 1 is 1.05 bits per heavy atom. The second kappa shape index (κ2) is 5.96. The standard InChI is InChI=1S/C19H30NOP/c1-15-9-7-10-16(2)17(15)20-18(21)19(11-8-12-19)22(3)13-5-4-6-14-22/h7,9-10,22H,4-6,8,11-14H2,1-3H3,(H,20,21). The average Bonchev–Trinajstić information content (AvgIpc) is 2.42. The van der Waals surface area contributed by atoms with Crippen LogP contribution in [0, 0.1) is 13.8 Å². The van der Waals surface area contributed by atoms with E-state index in [1.54, 1.807) is 0 Å². The van der Waals surface area contributed by atoms with E-state index in [0.717, 1.165) is 18.5 Å². The summed E-state index contributed by atoms with van der Waals surface area (Å²) in [4.78, 5) is 13.2. The molecule has 1 aromatic rings. The molecule has 0 aromatic heterocycles. The molecule has 1 aromatic carbocycles. The SMILES string of the molecule is Cc1cccc(C)c1NC(=O)C1([PH]2(C)CCCCC2)CCC1. The molecule has 2 aliphatic rings. The summed E-state index contributed by atoms with van der Waals surface area (Å²) >= 11 is 0. The fraction of sp³-hybridized carbons (Fsp3) is 0.632. The Morgan fingerprint density at radius 2 is 1.64 bits per heavy atom. The Balaban J connectivity index is 1.86. The van der Waals surface area contributed by atoms with E-state index in [2.05, 4.69) is 44.0 Å². The molecule has 2 fully saturated rings. The monoisotopic (exact) mass is 319 g/mol. The average molecular weight is 319 g/mol. The molecule has 1 N–H and O–H groups in total. The van der Waals surface area contributed by atoms with E-state index in [0.29, 0.717) is 5.91 Å². The Hall–Kier alpha value is -0.880. The molecule has 3 rings (SSSR count). The van der Waals surface area contributed by atoms with Gasteiger partial charge in [-0.05, 0) is 0 Å². The van der Waals surface area contributed by atoms with Crippen LogP contribution in [0.4, 0.5) is 5.69 Å². The van der Waals surface area contributed by atoms with Crippen LogP contribution >= 0.6 is 7.26 Å². The second-order valence-corrected chi connectivity index (χ2v) is 12.9. The Bertz CT molecular complexity index is 551. The molecule has 0 spiro atoms. The summed E-state index contributed by atoms with van der Waals surface area (Å²) in [5, 5.41) is 3.36. The van der Waals surface area contributed by atoms with Crippen molar-refractivity contribution < 1.29 is 4.79 Å². The fourth-order valence-corrected chi connectivity index (χ4v) is 10.1. The van der Waals surface area contributed by atoms with Crippen molar-refractivity contribution in [3.8, 4) is 0 Å². The third kappa shape index (κ3) is 2.50. The van der Waals surface area contributed by atoms with Crippen LogP contribution in [0.2, 0.25) is 0 Å². The van der Waals surface area contributed by atoms with Crippen LogP contribution in [0.25, 0.3) is 0 Å². The molecule has 1 heterocycles. The van der Waals surface area contributed by atoms with Gasteiger partial charge >= 0.3 is 135 Å². The molecule has 1 amide bonds. The Kier molecular flexibility index (Phi) is 4.34. The summed E-state index contributed by atoms with van der Waals surface area (Å²) in [6.07, 6.45) is 10.3. The van der Waals surface area contributed by atoms with E-state index in [4.69, 9.17) is 0 Å². The molecule has 1 aliphatic heterocycles. The first-order valence-corrected chi connectivity index (χ1v) is 11.8. The maximum atomic E-state index is 13.2. The zero-order valence-corrected chi connectivity index (χ0v) is 15.3.